The number of fused-ring (bicyclic) bond motifs is 1. The van der Waals surface area contributed by atoms with Crippen molar-refractivity contribution in [3.8, 4) is 0 Å². The van der Waals surface area contributed by atoms with E-state index in [4.69, 9.17) is 0 Å². The van der Waals surface area contributed by atoms with Gasteiger partial charge in [-0.3, -0.25) is 4.79 Å². The smallest absolute Gasteiger partial charge is 0.191 e. The van der Waals surface area contributed by atoms with Crippen molar-refractivity contribution in [2.24, 2.45) is 5.92 Å². The van der Waals surface area contributed by atoms with E-state index in [2.05, 4.69) is 40.2 Å². The van der Waals surface area contributed by atoms with Gasteiger partial charge in [0, 0.05) is 24.5 Å². The Kier molecular flexibility index (Phi) is 6.66. The molecule has 2 heterocycles. The molecule has 1 saturated heterocycles. The van der Waals surface area contributed by atoms with E-state index >= 15 is 0 Å². The monoisotopic (exact) mass is 388 g/mol. The predicted molar refractivity (Wildman–Crippen MR) is 123 cm³/mol. The van der Waals surface area contributed by atoms with Gasteiger partial charge in [0.25, 0.3) is 0 Å². The van der Waals surface area contributed by atoms with Gasteiger partial charge in [0.2, 0.25) is 0 Å². The van der Waals surface area contributed by atoms with Gasteiger partial charge in [-0.15, -0.1) is 0 Å². The number of unbranched alkanes of at least 4 members (excludes halogenated alkanes) is 3. The molecule has 4 rings (SSSR count). The molecule has 0 amide bonds. The molecule has 1 aromatic heterocycles. The summed E-state index contributed by atoms with van der Waals surface area (Å²) < 4.78 is 0. The number of anilines is 1. The first-order valence-electron chi connectivity index (χ1n) is 11.2. The molecule has 152 valence electrons. The number of nitrogens with zero attached hydrogens (tertiary/aromatic N) is 1. The number of para-hydroxylation sites is 1. The van der Waals surface area contributed by atoms with Crippen molar-refractivity contribution >= 4 is 16.7 Å². The van der Waals surface area contributed by atoms with Crippen molar-refractivity contribution in [1.82, 2.24) is 4.98 Å². The molecule has 0 radical (unpaired) electrons. The molecule has 0 bridgehead atoms. The fourth-order valence-corrected chi connectivity index (χ4v) is 4.58. The second-order valence-electron chi connectivity index (χ2n) is 8.43. The van der Waals surface area contributed by atoms with Crippen molar-refractivity contribution in [1.29, 1.82) is 0 Å². The average Bonchev–Trinajstić information content (AvgIpc) is 2.77. The Morgan fingerprint density at radius 3 is 2.41 bits per heavy atom. The number of hydrogen-bond acceptors (Lipinski definition) is 2. The Morgan fingerprint density at radius 2 is 1.59 bits per heavy atom. The minimum Gasteiger partial charge on any atom is -0.358 e. The molecular formula is C26H32N2O. The molecule has 3 heteroatoms. The number of aromatic nitrogens is 1. The number of aromatic amines is 1. The van der Waals surface area contributed by atoms with Gasteiger partial charge in [-0.1, -0.05) is 68.1 Å². The van der Waals surface area contributed by atoms with Gasteiger partial charge in [-0.05, 0) is 49.3 Å². The Bertz CT molecular complexity index is 955. The van der Waals surface area contributed by atoms with Crippen LogP contribution in [0.2, 0.25) is 0 Å². The van der Waals surface area contributed by atoms with Crippen LogP contribution in [-0.4, -0.2) is 18.1 Å². The molecule has 1 aliphatic heterocycles. The van der Waals surface area contributed by atoms with Crippen molar-refractivity contribution in [2.75, 3.05) is 18.0 Å². The van der Waals surface area contributed by atoms with E-state index < -0.39 is 0 Å². The van der Waals surface area contributed by atoms with E-state index in [9.17, 15) is 4.79 Å². The maximum absolute atomic E-state index is 12.4. The van der Waals surface area contributed by atoms with E-state index in [-0.39, 0.29) is 5.43 Å². The minimum absolute atomic E-state index is 0.118. The number of rotatable bonds is 8. The molecule has 0 saturated carbocycles. The fourth-order valence-electron chi connectivity index (χ4n) is 4.58. The number of H-pyrrole nitrogens is 1. The standard InChI is InChI=1S/C26H32N2O/c29-25-20-26(27-24-15-9-8-14-23(24)25)28-18-16-22(17-19-28)13-5-2-1-4-10-21-11-6-3-7-12-21/h3,6-9,11-12,14-15,20,22H,1-2,4-5,10,13,16-19H2,(H,27,29). The van der Waals surface area contributed by atoms with Crippen LogP contribution in [0.4, 0.5) is 5.82 Å². The van der Waals surface area contributed by atoms with Gasteiger partial charge in [0.15, 0.2) is 5.43 Å². The summed E-state index contributed by atoms with van der Waals surface area (Å²) in [6.07, 6.45) is 10.4. The van der Waals surface area contributed by atoms with Crippen LogP contribution in [-0.2, 0) is 6.42 Å². The highest BCUT2D eigenvalue weighted by atomic mass is 16.1. The quantitative estimate of drug-likeness (QED) is 0.485. The molecular weight excluding hydrogens is 356 g/mol. The first-order chi connectivity index (χ1) is 14.3. The van der Waals surface area contributed by atoms with Crippen LogP contribution >= 0.6 is 0 Å². The van der Waals surface area contributed by atoms with Crippen LogP contribution in [0.1, 0.15) is 50.5 Å². The molecule has 29 heavy (non-hydrogen) atoms. The third-order valence-corrected chi connectivity index (χ3v) is 6.35. The average molecular weight is 389 g/mol. The molecule has 3 nitrogen and oxygen atoms in total. The van der Waals surface area contributed by atoms with Crippen LogP contribution in [0.15, 0.2) is 65.5 Å². The van der Waals surface area contributed by atoms with E-state index in [0.717, 1.165) is 35.7 Å². The van der Waals surface area contributed by atoms with E-state index in [1.807, 2.05) is 24.3 Å². The number of nitrogens with one attached hydrogen (secondary N) is 1. The third kappa shape index (κ3) is 5.29. The highest BCUT2D eigenvalue weighted by molar-refractivity contribution is 5.80. The first kappa shape index (κ1) is 19.8. The molecule has 0 aliphatic carbocycles. The first-order valence-corrected chi connectivity index (χ1v) is 11.2. The highest BCUT2D eigenvalue weighted by Crippen LogP contribution is 2.26. The molecule has 3 aromatic rings. The zero-order chi connectivity index (χ0) is 19.9. The lowest BCUT2D eigenvalue weighted by atomic mass is 9.91. The Balaban J connectivity index is 1.18. The lowest BCUT2D eigenvalue weighted by Crippen LogP contribution is -2.34. The summed E-state index contributed by atoms with van der Waals surface area (Å²) in [5.41, 5.74) is 2.52. The summed E-state index contributed by atoms with van der Waals surface area (Å²) in [6, 6.07) is 20.4. The fraction of sp³-hybridized carbons (Fsp3) is 0.423. The zero-order valence-electron chi connectivity index (χ0n) is 17.3. The molecule has 2 aromatic carbocycles. The predicted octanol–water partition coefficient (Wildman–Crippen LogP) is 5.94. The number of benzene rings is 2. The van der Waals surface area contributed by atoms with E-state index in [1.165, 1.54) is 56.9 Å². The van der Waals surface area contributed by atoms with Crippen LogP contribution in [0, 0.1) is 5.92 Å². The molecule has 0 unspecified atom stereocenters. The molecule has 1 N–H and O–H groups in total. The van der Waals surface area contributed by atoms with Crippen LogP contribution < -0.4 is 10.3 Å². The third-order valence-electron chi connectivity index (χ3n) is 6.35. The normalized spacial score (nSPS) is 15.1. The molecule has 0 spiro atoms. The van der Waals surface area contributed by atoms with Crippen molar-refractivity contribution in [2.45, 2.75) is 51.4 Å². The topological polar surface area (TPSA) is 36.1 Å². The Morgan fingerprint density at radius 1 is 0.862 bits per heavy atom. The second-order valence-corrected chi connectivity index (χ2v) is 8.43. The number of aryl methyl sites for hydroxylation is 1. The summed E-state index contributed by atoms with van der Waals surface area (Å²) >= 11 is 0. The van der Waals surface area contributed by atoms with Crippen LogP contribution in [0.5, 0.6) is 0 Å². The summed E-state index contributed by atoms with van der Waals surface area (Å²) in [7, 11) is 0. The van der Waals surface area contributed by atoms with Crippen molar-refractivity contribution in [3.05, 3.63) is 76.5 Å². The van der Waals surface area contributed by atoms with Crippen LogP contribution in [0.25, 0.3) is 10.9 Å². The molecule has 1 fully saturated rings. The lowest BCUT2D eigenvalue weighted by Gasteiger charge is -2.33. The second kappa shape index (κ2) is 9.78. The maximum atomic E-state index is 12.4. The minimum atomic E-state index is 0.118. The molecule has 0 atom stereocenters. The summed E-state index contributed by atoms with van der Waals surface area (Å²) in [5.74, 6) is 1.82. The largest absolute Gasteiger partial charge is 0.358 e. The summed E-state index contributed by atoms with van der Waals surface area (Å²) in [6.45, 7) is 2.10. The Labute approximate surface area is 173 Å². The SMILES string of the molecule is O=c1cc(N2CCC(CCCCCCc3ccccc3)CC2)[nH]c2ccccc12. The van der Waals surface area contributed by atoms with E-state index in [0.29, 0.717) is 0 Å². The van der Waals surface area contributed by atoms with Gasteiger partial charge >= 0.3 is 0 Å². The highest BCUT2D eigenvalue weighted by Gasteiger charge is 2.20. The number of hydrogen-bond donors (Lipinski definition) is 1. The van der Waals surface area contributed by atoms with E-state index in [1.54, 1.807) is 6.07 Å². The summed E-state index contributed by atoms with van der Waals surface area (Å²) in [4.78, 5) is 18.2. The number of piperidine rings is 1. The number of pyridine rings is 1. The lowest BCUT2D eigenvalue weighted by molar-refractivity contribution is 0.365. The van der Waals surface area contributed by atoms with Gasteiger partial charge in [-0.2, -0.15) is 0 Å². The van der Waals surface area contributed by atoms with Gasteiger partial charge in [0.1, 0.15) is 5.82 Å². The zero-order valence-corrected chi connectivity index (χ0v) is 17.3. The molecule has 1 aliphatic rings. The van der Waals surface area contributed by atoms with Gasteiger partial charge in [0.05, 0.1) is 5.52 Å². The maximum Gasteiger partial charge on any atom is 0.191 e. The summed E-state index contributed by atoms with van der Waals surface area (Å²) in [5, 5.41) is 0.776. The van der Waals surface area contributed by atoms with Gasteiger partial charge in [-0.25, -0.2) is 0 Å². The van der Waals surface area contributed by atoms with Gasteiger partial charge < -0.3 is 9.88 Å². The van der Waals surface area contributed by atoms with Crippen molar-refractivity contribution < 1.29 is 0 Å². The Hall–Kier alpha value is -2.55. The van der Waals surface area contributed by atoms with Crippen molar-refractivity contribution in [3.63, 3.8) is 0 Å². The van der Waals surface area contributed by atoms with Crippen LogP contribution in [0.3, 0.4) is 0 Å².